The second-order valence-corrected chi connectivity index (χ2v) is 9.17. The average Bonchev–Trinajstić information content (AvgIpc) is 3.29. The first-order chi connectivity index (χ1) is 15.1. The number of benzene rings is 3. The number of hydrogen-bond acceptors (Lipinski definition) is 2. The topological polar surface area (TPSA) is 18.5 Å². The van der Waals surface area contributed by atoms with Gasteiger partial charge in [-0.3, -0.25) is 0 Å². The van der Waals surface area contributed by atoms with E-state index >= 15 is 0 Å². The van der Waals surface area contributed by atoms with E-state index < -0.39 is 5.41 Å². The third kappa shape index (κ3) is 2.19. The Kier molecular flexibility index (Phi) is 4.07. The van der Waals surface area contributed by atoms with Gasteiger partial charge in [-0.2, -0.15) is 0 Å². The van der Waals surface area contributed by atoms with Gasteiger partial charge in [0.25, 0.3) is 0 Å². The molecule has 3 aliphatic rings. The Morgan fingerprint density at radius 1 is 0.871 bits per heavy atom. The normalized spacial score (nSPS) is 24.0. The Morgan fingerprint density at radius 2 is 1.58 bits per heavy atom. The molecule has 3 aliphatic carbocycles. The van der Waals surface area contributed by atoms with Crippen LogP contribution in [0.4, 0.5) is 0 Å². The lowest BCUT2D eigenvalue weighted by molar-refractivity contribution is 0.375. The molecule has 2 radical (unpaired) electrons. The molecule has 0 saturated heterocycles. The molecule has 0 N–H and O–H groups in total. The highest BCUT2D eigenvalue weighted by atomic mass is 79.9. The van der Waals surface area contributed by atoms with Crippen LogP contribution >= 0.6 is 15.9 Å². The molecule has 31 heavy (non-hydrogen) atoms. The molecule has 0 fully saturated rings. The summed E-state index contributed by atoms with van der Waals surface area (Å²) >= 11 is 3.86. The van der Waals surface area contributed by atoms with Crippen molar-refractivity contribution in [3.05, 3.63) is 99.6 Å². The van der Waals surface area contributed by atoms with Gasteiger partial charge >= 0.3 is 0 Å². The molecule has 150 valence electrons. The maximum Gasteiger partial charge on any atom is 0.123 e. The van der Waals surface area contributed by atoms with Crippen LogP contribution in [0, 0.1) is 5.92 Å². The van der Waals surface area contributed by atoms with Crippen molar-refractivity contribution in [1.29, 1.82) is 0 Å². The smallest absolute Gasteiger partial charge is 0.123 e. The van der Waals surface area contributed by atoms with Crippen molar-refractivity contribution in [2.24, 2.45) is 5.92 Å². The van der Waals surface area contributed by atoms with Crippen LogP contribution in [0.5, 0.6) is 11.5 Å². The number of methoxy groups -OCH3 is 2. The van der Waals surface area contributed by atoms with Crippen LogP contribution < -0.4 is 14.9 Å². The number of rotatable bonds is 2. The predicted octanol–water partition coefficient (Wildman–Crippen LogP) is 5.41. The summed E-state index contributed by atoms with van der Waals surface area (Å²) in [5, 5.41) is 0. The van der Waals surface area contributed by atoms with Crippen LogP contribution in [0.3, 0.4) is 0 Å². The summed E-state index contributed by atoms with van der Waals surface area (Å²) in [5.41, 5.74) is 7.44. The fourth-order valence-corrected chi connectivity index (χ4v) is 6.77. The van der Waals surface area contributed by atoms with Gasteiger partial charge in [0.1, 0.15) is 19.3 Å². The van der Waals surface area contributed by atoms with E-state index in [4.69, 9.17) is 17.3 Å². The summed E-state index contributed by atoms with van der Waals surface area (Å²) in [6.45, 7) is 0. The lowest BCUT2D eigenvalue weighted by Gasteiger charge is -2.37. The first kappa shape index (κ1) is 19.0. The van der Waals surface area contributed by atoms with Gasteiger partial charge in [-0.15, -0.1) is 0 Å². The van der Waals surface area contributed by atoms with Gasteiger partial charge in [0, 0.05) is 27.4 Å². The number of fused-ring (bicyclic) bond motifs is 10. The van der Waals surface area contributed by atoms with Crippen LogP contribution in [0.1, 0.15) is 28.2 Å². The predicted molar refractivity (Wildman–Crippen MR) is 129 cm³/mol. The van der Waals surface area contributed by atoms with E-state index in [2.05, 4.69) is 76.6 Å². The average molecular weight is 467 g/mol. The summed E-state index contributed by atoms with van der Waals surface area (Å²) in [6, 6.07) is 16.7. The molecule has 0 bridgehead atoms. The monoisotopic (exact) mass is 466 g/mol. The zero-order chi connectivity index (χ0) is 21.3. The Labute approximate surface area is 192 Å². The van der Waals surface area contributed by atoms with E-state index in [-0.39, 0.29) is 11.8 Å². The molecule has 3 atom stereocenters. The van der Waals surface area contributed by atoms with Crippen molar-refractivity contribution in [2.45, 2.75) is 11.3 Å². The van der Waals surface area contributed by atoms with E-state index in [1.807, 2.05) is 12.1 Å². The zero-order valence-electron chi connectivity index (χ0n) is 17.4. The van der Waals surface area contributed by atoms with E-state index in [0.29, 0.717) is 0 Å². The first-order valence-corrected chi connectivity index (χ1v) is 11.2. The molecule has 6 rings (SSSR count). The van der Waals surface area contributed by atoms with Gasteiger partial charge in [-0.1, -0.05) is 76.0 Å². The third-order valence-corrected chi connectivity index (χ3v) is 7.86. The van der Waals surface area contributed by atoms with E-state index in [0.717, 1.165) is 32.6 Å². The van der Waals surface area contributed by atoms with Gasteiger partial charge in [-0.25, -0.2) is 0 Å². The fourth-order valence-electron chi connectivity index (χ4n) is 6.18. The van der Waals surface area contributed by atoms with Gasteiger partial charge in [0.15, 0.2) is 0 Å². The summed E-state index contributed by atoms with van der Waals surface area (Å²) < 4.78 is 13.1. The highest BCUT2D eigenvalue weighted by Gasteiger charge is 2.60. The van der Waals surface area contributed by atoms with Crippen molar-refractivity contribution in [3.8, 4) is 22.6 Å². The summed E-state index contributed by atoms with van der Waals surface area (Å²) in [5.74, 6) is 2.14. The summed E-state index contributed by atoms with van der Waals surface area (Å²) in [7, 11) is 10.1. The molecule has 0 amide bonds. The van der Waals surface area contributed by atoms with Crippen molar-refractivity contribution in [3.63, 3.8) is 0 Å². The van der Waals surface area contributed by atoms with Crippen molar-refractivity contribution >= 4 is 29.2 Å². The Balaban J connectivity index is 1.87. The first-order valence-electron chi connectivity index (χ1n) is 10.4. The van der Waals surface area contributed by atoms with Gasteiger partial charge in [-0.05, 0) is 40.5 Å². The second-order valence-electron chi connectivity index (χ2n) is 8.32. The molecule has 3 unspecified atom stereocenters. The van der Waals surface area contributed by atoms with Crippen LogP contribution in [0.25, 0.3) is 11.1 Å². The van der Waals surface area contributed by atoms with Gasteiger partial charge in [0.05, 0.1) is 19.6 Å². The number of ether oxygens (including phenoxy) is 2. The molecule has 3 aromatic carbocycles. The van der Waals surface area contributed by atoms with Crippen LogP contribution in [-0.4, -0.2) is 22.1 Å². The van der Waals surface area contributed by atoms with Crippen LogP contribution in [0.2, 0.25) is 0 Å². The lowest BCUT2D eigenvalue weighted by Crippen LogP contribution is -2.34. The Hall–Kier alpha value is -2.72. The third-order valence-electron chi connectivity index (χ3n) is 7.17. The molecule has 0 aliphatic heterocycles. The maximum absolute atomic E-state index is 6.62. The molecule has 0 heterocycles. The molecule has 0 aromatic heterocycles. The number of allylic oxidation sites excluding steroid dienone is 4. The van der Waals surface area contributed by atoms with Crippen molar-refractivity contribution < 1.29 is 9.47 Å². The largest absolute Gasteiger partial charge is 0.496 e. The second kappa shape index (κ2) is 6.64. The fraction of sp³-hybridized carbons (Fsp3) is 0.185. The highest BCUT2D eigenvalue weighted by molar-refractivity contribution is 9.10. The molecular formula is C27H20BBrO2. The standard InChI is InChI=1S/C27H20BBrO2/c1-30-21-13-11-19(28)23-15-7-3-5-9-17(15)27(25(21)23)18-10-6-4-8-16(18)24-20(29)12-14-22(31-2)26(24)27/h3-14,16,18H,1-2H3. The number of hydrogen-bond donors (Lipinski definition) is 0. The molecular weight excluding hydrogens is 447 g/mol. The minimum Gasteiger partial charge on any atom is -0.496 e. The molecule has 4 heteroatoms. The molecule has 1 spiro atoms. The Bertz CT molecular complexity index is 1310. The maximum atomic E-state index is 6.62. The van der Waals surface area contributed by atoms with E-state index in [1.165, 1.54) is 22.3 Å². The van der Waals surface area contributed by atoms with Crippen LogP contribution in [-0.2, 0) is 5.41 Å². The molecule has 0 saturated carbocycles. The SMILES string of the molecule is [B]c1ccc(OC)c2c1-c1ccccc1C21c2c(OC)ccc(Br)c2C2C=CC=CC21. The minimum absolute atomic E-state index is 0.179. The lowest BCUT2D eigenvalue weighted by atomic mass is 9.64. The Morgan fingerprint density at radius 3 is 2.39 bits per heavy atom. The highest BCUT2D eigenvalue weighted by Crippen LogP contribution is 2.68. The molecule has 2 nitrogen and oxygen atoms in total. The van der Waals surface area contributed by atoms with Gasteiger partial charge in [0.2, 0.25) is 0 Å². The van der Waals surface area contributed by atoms with Crippen molar-refractivity contribution in [2.75, 3.05) is 14.2 Å². The molecule has 3 aromatic rings. The minimum atomic E-state index is -0.455. The van der Waals surface area contributed by atoms with E-state index in [1.54, 1.807) is 14.2 Å². The number of halogens is 1. The van der Waals surface area contributed by atoms with Crippen molar-refractivity contribution in [1.82, 2.24) is 0 Å². The zero-order valence-corrected chi connectivity index (χ0v) is 18.9. The summed E-state index contributed by atoms with van der Waals surface area (Å²) in [6.07, 6.45) is 8.95. The quantitative estimate of drug-likeness (QED) is 0.470. The van der Waals surface area contributed by atoms with E-state index in [9.17, 15) is 0 Å². The van der Waals surface area contributed by atoms with Gasteiger partial charge < -0.3 is 9.47 Å². The van der Waals surface area contributed by atoms with Crippen LogP contribution in [0.15, 0.2) is 77.3 Å². The summed E-state index contributed by atoms with van der Waals surface area (Å²) in [4.78, 5) is 0.